The zero-order valence-corrected chi connectivity index (χ0v) is 9.42. The summed E-state index contributed by atoms with van der Waals surface area (Å²) in [6.07, 6.45) is 4.96. The van der Waals surface area contributed by atoms with Gasteiger partial charge in [-0.15, -0.1) is 0 Å². The molecule has 2 heteroatoms. The fourth-order valence-corrected chi connectivity index (χ4v) is 2.41. The van der Waals surface area contributed by atoms with E-state index in [1.54, 1.807) is 0 Å². The Morgan fingerprint density at radius 3 is 2.71 bits per heavy atom. The summed E-state index contributed by atoms with van der Waals surface area (Å²) in [7, 11) is 0. The van der Waals surface area contributed by atoms with E-state index in [1.165, 1.54) is 38.0 Å². The van der Waals surface area contributed by atoms with Gasteiger partial charge in [0.15, 0.2) is 0 Å². The molecule has 0 aromatic heterocycles. The fraction of sp³-hybridized carbons (Fsp3) is 0.833. The zero-order valence-electron chi connectivity index (χ0n) is 9.42. The minimum atomic E-state index is 0.767. The molecule has 2 aliphatic heterocycles. The summed E-state index contributed by atoms with van der Waals surface area (Å²) in [5.41, 5.74) is 1.53. The van der Waals surface area contributed by atoms with Gasteiger partial charge in [-0.25, -0.2) is 0 Å². The Hall–Kier alpha value is -0.500. The Kier molecular flexibility index (Phi) is 3.12. The van der Waals surface area contributed by atoms with Crippen LogP contribution >= 0.6 is 0 Å². The van der Waals surface area contributed by atoms with Gasteiger partial charge in [-0.1, -0.05) is 12.5 Å². The van der Waals surface area contributed by atoms with E-state index >= 15 is 0 Å². The van der Waals surface area contributed by atoms with Crippen molar-refractivity contribution in [3.05, 3.63) is 11.8 Å². The minimum absolute atomic E-state index is 0.767. The topological polar surface area (TPSA) is 15.3 Å². The zero-order chi connectivity index (χ0) is 9.97. The Morgan fingerprint density at radius 2 is 2.14 bits per heavy atom. The average Bonchev–Trinajstić information content (AvgIpc) is 2.56. The molecule has 0 aliphatic carbocycles. The maximum Gasteiger partial charge on any atom is 0.0219 e. The molecule has 1 fully saturated rings. The van der Waals surface area contributed by atoms with E-state index in [9.17, 15) is 0 Å². The van der Waals surface area contributed by atoms with Crippen LogP contribution in [0.15, 0.2) is 11.8 Å². The summed E-state index contributed by atoms with van der Waals surface area (Å²) >= 11 is 0. The first-order valence-electron chi connectivity index (χ1n) is 5.88. The Morgan fingerprint density at radius 1 is 1.43 bits per heavy atom. The van der Waals surface area contributed by atoms with Gasteiger partial charge in [-0.2, -0.15) is 0 Å². The number of hydrogen-bond donors (Lipinski definition) is 1. The van der Waals surface area contributed by atoms with Gasteiger partial charge < -0.3 is 10.2 Å². The van der Waals surface area contributed by atoms with Crippen LogP contribution in [0.3, 0.4) is 0 Å². The van der Waals surface area contributed by atoms with Crippen molar-refractivity contribution < 1.29 is 0 Å². The van der Waals surface area contributed by atoms with Gasteiger partial charge in [0.1, 0.15) is 0 Å². The second-order valence-electron chi connectivity index (χ2n) is 4.98. The molecule has 2 heterocycles. The molecule has 2 rings (SSSR count). The summed E-state index contributed by atoms with van der Waals surface area (Å²) in [5.74, 6) is 1.72. The predicted octanol–water partition coefficient (Wildman–Crippen LogP) is 1.84. The largest absolute Gasteiger partial charge is 0.390 e. The lowest BCUT2D eigenvalue weighted by Crippen LogP contribution is -2.37. The highest BCUT2D eigenvalue weighted by molar-refractivity contribution is 5.09. The summed E-state index contributed by atoms with van der Waals surface area (Å²) in [5, 5.41) is 3.33. The molecule has 0 amide bonds. The molecule has 1 unspecified atom stereocenters. The molecule has 0 radical (unpaired) electrons. The molecule has 14 heavy (non-hydrogen) atoms. The van der Waals surface area contributed by atoms with Crippen LogP contribution in [0.5, 0.6) is 0 Å². The van der Waals surface area contributed by atoms with Gasteiger partial charge >= 0.3 is 0 Å². The Labute approximate surface area is 87.4 Å². The first kappa shape index (κ1) is 10.0. The standard InChI is InChI=1S/C12H22N2/c1-10-3-5-14(6-4-10)9-12-8-13-7-11(12)2/h7,10,12-13H,3-6,8-9H2,1-2H3. The molecular weight excluding hydrogens is 172 g/mol. The van der Waals surface area contributed by atoms with Gasteiger partial charge in [0.2, 0.25) is 0 Å². The molecule has 1 N–H and O–H groups in total. The Bertz CT molecular complexity index is 214. The van der Waals surface area contributed by atoms with Crippen LogP contribution in [0.2, 0.25) is 0 Å². The van der Waals surface area contributed by atoms with Crippen LogP contribution in [0.4, 0.5) is 0 Å². The van der Waals surface area contributed by atoms with Crippen molar-refractivity contribution in [3.8, 4) is 0 Å². The van der Waals surface area contributed by atoms with Crippen LogP contribution in [-0.2, 0) is 0 Å². The minimum Gasteiger partial charge on any atom is -0.390 e. The normalized spacial score (nSPS) is 30.1. The predicted molar refractivity (Wildman–Crippen MR) is 60.1 cm³/mol. The first-order chi connectivity index (χ1) is 6.75. The molecule has 0 spiro atoms. The quantitative estimate of drug-likeness (QED) is 0.721. The van der Waals surface area contributed by atoms with Crippen LogP contribution in [0, 0.1) is 11.8 Å². The lowest BCUT2D eigenvalue weighted by molar-refractivity contribution is 0.176. The van der Waals surface area contributed by atoms with Crippen molar-refractivity contribution in [2.24, 2.45) is 11.8 Å². The molecule has 0 aromatic rings. The second kappa shape index (κ2) is 4.35. The van der Waals surface area contributed by atoms with Crippen molar-refractivity contribution in [3.63, 3.8) is 0 Å². The van der Waals surface area contributed by atoms with E-state index in [2.05, 4.69) is 30.3 Å². The van der Waals surface area contributed by atoms with Gasteiger partial charge in [-0.05, 0) is 45.0 Å². The molecule has 0 saturated carbocycles. The van der Waals surface area contributed by atoms with Crippen molar-refractivity contribution >= 4 is 0 Å². The average molecular weight is 194 g/mol. The van der Waals surface area contributed by atoms with E-state index in [4.69, 9.17) is 0 Å². The molecule has 1 atom stereocenters. The smallest absolute Gasteiger partial charge is 0.0219 e. The molecular formula is C12H22N2. The molecule has 1 saturated heterocycles. The molecule has 0 bridgehead atoms. The third-order valence-corrected chi connectivity index (χ3v) is 3.69. The maximum absolute atomic E-state index is 3.33. The van der Waals surface area contributed by atoms with Crippen LogP contribution in [-0.4, -0.2) is 31.1 Å². The number of nitrogens with one attached hydrogen (secondary N) is 1. The molecule has 2 aliphatic rings. The molecule has 80 valence electrons. The highest BCUT2D eigenvalue weighted by Crippen LogP contribution is 2.20. The third-order valence-electron chi connectivity index (χ3n) is 3.69. The van der Waals surface area contributed by atoms with Crippen molar-refractivity contribution in [1.82, 2.24) is 10.2 Å². The highest BCUT2D eigenvalue weighted by Gasteiger charge is 2.21. The van der Waals surface area contributed by atoms with E-state index in [0.717, 1.165) is 18.4 Å². The summed E-state index contributed by atoms with van der Waals surface area (Å²) in [6, 6.07) is 0. The SMILES string of the molecule is CC1=CNCC1CN1CCC(C)CC1. The van der Waals surface area contributed by atoms with Crippen molar-refractivity contribution in [2.75, 3.05) is 26.2 Å². The van der Waals surface area contributed by atoms with E-state index in [-0.39, 0.29) is 0 Å². The number of rotatable bonds is 2. The van der Waals surface area contributed by atoms with Crippen molar-refractivity contribution in [1.29, 1.82) is 0 Å². The van der Waals surface area contributed by atoms with Crippen LogP contribution < -0.4 is 5.32 Å². The van der Waals surface area contributed by atoms with E-state index in [1.807, 2.05) is 0 Å². The van der Waals surface area contributed by atoms with E-state index in [0.29, 0.717) is 0 Å². The summed E-state index contributed by atoms with van der Waals surface area (Å²) in [6.45, 7) is 9.66. The van der Waals surface area contributed by atoms with Crippen molar-refractivity contribution in [2.45, 2.75) is 26.7 Å². The first-order valence-corrected chi connectivity index (χ1v) is 5.88. The summed E-state index contributed by atoms with van der Waals surface area (Å²) < 4.78 is 0. The van der Waals surface area contributed by atoms with Gasteiger partial charge in [0, 0.05) is 19.0 Å². The second-order valence-corrected chi connectivity index (χ2v) is 4.98. The lowest BCUT2D eigenvalue weighted by atomic mass is 9.97. The monoisotopic (exact) mass is 194 g/mol. The van der Waals surface area contributed by atoms with Crippen LogP contribution in [0.1, 0.15) is 26.7 Å². The molecule has 0 aromatic carbocycles. The molecule has 2 nitrogen and oxygen atoms in total. The highest BCUT2D eigenvalue weighted by atomic mass is 15.1. The van der Waals surface area contributed by atoms with Gasteiger partial charge in [0.05, 0.1) is 0 Å². The van der Waals surface area contributed by atoms with Gasteiger partial charge in [0.25, 0.3) is 0 Å². The maximum atomic E-state index is 3.33. The number of piperidine rings is 1. The lowest BCUT2D eigenvalue weighted by Gasteiger charge is -2.32. The Balaban J connectivity index is 1.78. The number of hydrogen-bond acceptors (Lipinski definition) is 2. The number of likely N-dealkylation sites (tertiary alicyclic amines) is 1. The number of nitrogens with zero attached hydrogens (tertiary/aromatic N) is 1. The van der Waals surface area contributed by atoms with Crippen LogP contribution in [0.25, 0.3) is 0 Å². The fourth-order valence-electron chi connectivity index (χ4n) is 2.41. The summed E-state index contributed by atoms with van der Waals surface area (Å²) in [4.78, 5) is 2.63. The van der Waals surface area contributed by atoms with E-state index < -0.39 is 0 Å². The third kappa shape index (κ3) is 2.30. The van der Waals surface area contributed by atoms with Gasteiger partial charge in [-0.3, -0.25) is 0 Å².